The second-order valence-corrected chi connectivity index (χ2v) is 4.57. The monoisotopic (exact) mass is 289 g/mol. The maximum atomic E-state index is 5.79. The molecule has 1 N–H and O–H groups in total. The average molecular weight is 289 g/mol. The number of aromatic nitrogens is 1. The summed E-state index contributed by atoms with van der Waals surface area (Å²) in [5.74, 6) is 2.28. The van der Waals surface area contributed by atoms with E-state index in [-0.39, 0.29) is 0 Å². The second kappa shape index (κ2) is 7.04. The molecule has 4 nitrogen and oxygen atoms in total. The van der Waals surface area contributed by atoms with Gasteiger partial charge in [-0.1, -0.05) is 36.4 Å². The lowest BCUT2D eigenvalue weighted by Gasteiger charge is -2.05. The van der Waals surface area contributed by atoms with Gasteiger partial charge in [0.05, 0.1) is 6.21 Å². The van der Waals surface area contributed by atoms with E-state index in [0.29, 0.717) is 5.82 Å². The highest BCUT2D eigenvalue weighted by molar-refractivity contribution is 5.80. The number of nitrogens with one attached hydrogen (secondary N) is 1. The van der Waals surface area contributed by atoms with E-state index in [4.69, 9.17) is 4.74 Å². The minimum absolute atomic E-state index is 0.704. The van der Waals surface area contributed by atoms with E-state index >= 15 is 0 Å². The van der Waals surface area contributed by atoms with Crippen LogP contribution in [0, 0.1) is 0 Å². The molecule has 4 heteroatoms. The van der Waals surface area contributed by atoms with Crippen molar-refractivity contribution < 1.29 is 4.74 Å². The van der Waals surface area contributed by atoms with E-state index in [0.717, 1.165) is 17.1 Å². The molecular weight excluding hydrogens is 274 g/mol. The maximum absolute atomic E-state index is 5.79. The fraction of sp³-hybridized carbons (Fsp3) is 0. The molecule has 3 rings (SSSR count). The molecular formula is C18H15N3O. The zero-order chi connectivity index (χ0) is 15.0. The van der Waals surface area contributed by atoms with Crippen LogP contribution in [-0.2, 0) is 0 Å². The number of pyridine rings is 1. The molecule has 0 saturated heterocycles. The predicted molar refractivity (Wildman–Crippen MR) is 88.4 cm³/mol. The van der Waals surface area contributed by atoms with Crippen LogP contribution in [0.5, 0.6) is 11.5 Å². The van der Waals surface area contributed by atoms with E-state index in [2.05, 4.69) is 15.5 Å². The number of hydrazone groups is 1. The molecule has 3 aromatic rings. The Morgan fingerprint density at radius 2 is 1.68 bits per heavy atom. The third-order valence-electron chi connectivity index (χ3n) is 2.89. The van der Waals surface area contributed by atoms with Crippen molar-refractivity contribution in [3.8, 4) is 11.5 Å². The summed E-state index contributed by atoms with van der Waals surface area (Å²) in [5.41, 5.74) is 3.82. The molecule has 1 heterocycles. The van der Waals surface area contributed by atoms with Gasteiger partial charge in [-0.15, -0.1) is 0 Å². The van der Waals surface area contributed by atoms with E-state index in [9.17, 15) is 0 Å². The summed E-state index contributed by atoms with van der Waals surface area (Å²) in [7, 11) is 0. The number of hydrogen-bond donors (Lipinski definition) is 1. The highest BCUT2D eigenvalue weighted by atomic mass is 16.5. The zero-order valence-electron chi connectivity index (χ0n) is 11.9. The average Bonchev–Trinajstić information content (AvgIpc) is 2.57. The number of para-hydroxylation sites is 1. The minimum Gasteiger partial charge on any atom is -0.457 e. The molecule has 0 fully saturated rings. The van der Waals surface area contributed by atoms with Gasteiger partial charge in [-0.25, -0.2) is 4.98 Å². The predicted octanol–water partition coefficient (Wildman–Crippen LogP) is 4.32. The van der Waals surface area contributed by atoms with E-state index in [1.54, 1.807) is 12.4 Å². The maximum Gasteiger partial charge on any atom is 0.146 e. The lowest BCUT2D eigenvalue weighted by atomic mass is 10.2. The molecule has 0 saturated carbocycles. The van der Waals surface area contributed by atoms with Gasteiger partial charge in [0.2, 0.25) is 0 Å². The fourth-order valence-corrected chi connectivity index (χ4v) is 1.88. The molecule has 0 amide bonds. The SMILES string of the molecule is C(=NNc1ccccn1)c1cccc(Oc2ccccc2)c1. The first kappa shape index (κ1) is 13.8. The summed E-state index contributed by atoms with van der Waals surface area (Å²) in [4.78, 5) is 4.13. The smallest absolute Gasteiger partial charge is 0.146 e. The summed E-state index contributed by atoms with van der Waals surface area (Å²) >= 11 is 0. The Hall–Kier alpha value is -3.14. The van der Waals surface area contributed by atoms with Crippen molar-refractivity contribution in [1.29, 1.82) is 0 Å². The van der Waals surface area contributed by atoms with Crippen molar-refractivity contribution in [1.82, 2.24) is 4.98 Å². The van der Waals surface area contributed by atoms with Crippen LogP contribution in [0.1, 0.15) is 5.56 Å². The van der Waals surface area contributed by atoms with E-state index in [1.807, 2.05) is 72.8 Å². The summed E-state index contributed by atoms with van der Waals surface area (Å²) in [6.45, 7) is 0. The van der Waals surface area contributed by atoms with E-state index in [1.165, 1.54) is 0 Å². The number of benzene rings is 2. The molecule has 22 heavy (non-hydrogen) atoms. The van der Waals surface area contributed by atoms with Gasteiger partial charge in [-0.05, 0) is 42.0 Å². The Labute approximate surface area is 129 Å². The molecule has 2 aromatic carbocycles. The molecule has 0 atom stereocenters. The summed E-state index contributed by atoms with van der Waals surface area (Å²) < 4.78 is 5.79. The highest BCUT2D eigenvalue weighted by Crippen LogP contribution is 2.21. The standard InChI is InChI=1S/C18H15N3O/c1-2-8-16(9-3-1)22-17-10-6-7-15(13-17)14-20-21-18-11-4-5-12-19-18/h1-14H,(H,19,21). The first-order valence-electron chi connectivity index (χ1n) is 6.93. The number of nitrogens with zero attached hydrogens (tertiary/aromatic N) is 2. The molecule has 0 radical (unpaired) electrons. The Balaban J connectivity index is 1.66. The Kier molecular flexibility index (Phi) is 4.42. The van der Waals surface area contributed by atoms with Crippen molar-refractivity contribution in [2.24, 2.45) is 5.10 Å². The zero-order valence-corrected chi connectivity index (χ0v) is 11.9. The Morgan fingerprint density at radius 3 is 2.50 bits per heavy atom. The van der Waals surface area contributed by atoms with Gasteiger partial charge in [0, 0.05) is 6.20 Å². The minimum atomic E-state index is 0.704. The first-order valence-corrected chi connectivity index (χ1v) is 6.93. The largest absolute Gasteiger partial charge is 0.457 e. The number of ether oxygens (including phenoxy) is 1. The van der Waals surface area contributed by atoms with Crippen molar-refractivity contribution in [2.75, 3.05) is 5.43 Å². The highest BCUT2D eigenvalue weighted by Gasteiger charge is 1.97. The quantitative estimate of drug-likeness (QED) is 0.562. The van der Waals surface area contributed by atoms with Crippen molar-refractivity contribution in [2.45, 2.75) is 0 Å². The summed E-state index contributed by atoms with van der Waals surface area (Å²) in [6, 6.07) is 23.0. The molecule has 1 aromatic heterocycles. The van der Waals surface area contributed by atoms with Gasteiger partial charge in [-0.3, -0.25) is 5.43 Å². The fourth-order valence-electron chi connectivity index (χ4n) is 1.88. The Bertz CT molecular complexity index is 743. The third-order valence-corrected chi connectivity index (χ3v) is 2.89. The van der Waals surface area contributed by atoms with Crippen LogP contribution in [0.25, 0.3) is 0 Å². The number of anilines is 1. The van der Waals surface area contributed by atoms with Gasteiger partial charge >= 0.3 is 0 Å². The molecule has 108 valence electrons. The first-order chi connectivity index (χ1) is 10.9. The van der Waals surface area contributed by atoms with Gasteiger partial charge in [0.15, 0.2) is 0 Å². The number of rotatable bonds is 5. The topological polar surface area (TPSA) is 46.5 Å². The normalized spacial score (nSPS) is 10.5. The summed E-state index contributed by atoms with van der Waals surface area (Å²) in [6.07, 6.45) is 3.44. The molecule has 0 unspecified atom stereocenters. The lowest BCUT2D eigenvalue weighted by molar-refractivity contribution is 0.482. The molecule has 0 aliphatic heterocycles. The molecule has 0 spiro atoms. The van der Waals surface area contributed by atoms with Gasteiger partial charge in [0.25, 0.3) is 0 Å². The van der Waals surface area contributed by atoms with Crippen LogP contribution in [0.2, 0.25) is 0 Å². The van der Waals surface area contributed by atoms with Crippen molar-refractivity contribution >= 4 is 12.0 Å². The Morgan fingerprint density at radius 1 is 0.864 bits per heavy atom. The van der Waals surface area contributed by atoms with Crippen LogP contribution in [-0.4, -0.2) is 11.2 Å². The molecule has 0 aliphatic carbocycles. The molecule has 0 bridgehead atoms. The lowest BCUT2D eigenvalue weighted by Crippen LogP contribution is -1.93. The van der Waals surface area contributed by atoms with Crippen LogP contribution >= 0.6 is 0 Å². The van der Waals surface area contributed by atoms with Gasteiger partial charge in [0.1, 0.15) is 17.3 Å². The van der Waals surface area contributed by atoms with E-state index < -0.39 is 0 Å². The van der Waals surface area contributed by atoms with Crippen LogP contribution in [0.4, 0.5) is 5.82 Å². The van der Waals surface area contributed by atoms with Gasteiger partial charge < -0.3 is 4.74 Å². The van der Waals surface area contributed by atoms with Crippen LogP contribution in [0.15, 0.2) is 84.1 Å². The van der Waals surface area contributed by atoms with Crippen molar-refractivity contribution in [3.63, 3.8) is 0 Å². The van der Waals surface area contributed by atoms with Gasteiger partial charge in [-0.2, -0.15) is 5.10 Å². The third kappa shape index (κ3) is 3.93. The summed E-state index contributed by atoms with van der Waals surface area (Å²) in [5, 5.41) is 4.17. The molecule has 0 aliphatic rings. The van der Waals surface area contributed by atoms with Crippen molar-refractivity contribution in [3.05, 3.63) is 84.6 Å². The van der Waals surface area contributed by atoms with Crippen LogP contribution < -0.4 is 10.2 Å². The van der Waals surface area contributed by atoms with Crippen LogP contribution in [0.3, 0.4) is 0 Å². The second-order valence-electron chi connectivity index (χ2n) is 4.57. The number of hydrogen-bond acceptors (Lipinski definition) is 4.